The minimum atomic E-state index is -3.92. The number of rotatable bonds is 6. The number of amides is 1. The van der Waals surface area contributed by atoms with E-state index < -0.39 is 16.1 Å². The van der Waals surface area contributed by atoms with Crippen LogP contribution in [-0.2, 0) is 21.9 Å². The number of nitrogens with zero attached hydrogens (tertiary/aromatic N) is 4. The molecule has 3 aromatic carbocycles. The quantitative estimate of drug-likeness (QED) is 0.371. The SMILES string of the molecule is CN1C(=O)/C(=C/c2cnn(C)c2)c2cc(S(=O)(=O)N(C)C(c3ccccc3)c3ccccc3)ccc21. The first-order valence-electron chi connectivity index (χ1n) is 11.5. The molecule has 0 spiro atoms. The number of fused-ring (bicyclic) bond motifs is 1. The van der Waals surface area contributed by atoms with Gasteiger partial charge in [-0.2, -0.15) is 9.40 Å². The summed E-state index contributed by atoms with van der Waals surface area (Å²) < 4.78 is 30.9. The number of hydrogen-bond donors (Lipinski definition) is 0. The Labute approximate surface area is 211 Å². The van der Waals surface area contributed by atoms with Gasteiger partial charge in [0.15, 0.2) is 0 Å². The van der Waals surface area contributed by atoms with E-state index in [-0.39, 0.29) is 10.8 Å². The third kappa shape index (κ3) is 4.14. The molecular weight excluding hydrogens is 472 g/mol. The van der Waals surface area contributed by atoms with Crippen LogP contribution in [0.5, 0.6) is 0 Å². The predicted molar refractivity (Wildman–Crippen MR) is 141 cm³/mol. The van der Waals surface area contributed by atoms with Crippen LogP contribution < -0.4 is 4.90 Å². The largest absolute Gasteiger partial charge is 0.311 e. The van der Waals surface area contributed by atoms with E-state index >= 15 is 0 Å². The molecule has 36 heavy (non-hydrogen) atoms. The van der Waals surface area contributed by atoms with Gasteiger partial charge < -0.3 is 4.90 Å². The Kier molecular flexibility index (Phi) is 6.07. The molecule has 0 radical (unpaired) electrons. The highest BCUT2D eigenvalue weighted by Gasteiger charge is 2.34. The lowest BCUT2D eigenvalue weighted by molar-refractivity contribution is -0.112. The van der Waals surface area contributed by atoms with Crippen molar-refractivity contribution in [3.63, 3.8) is 0 Å². The van der Waals surface area contributed by atoms with Gasteiger partial charge in [0.05, 0.1) is 22.8 Å². The summed E-state index contributed by atoms with van der Waals surface area (Å²) in [6.07, 6.45) is 5.21. The molecule has 182 valence electrons. The summed E-state index contributed by atoms with van der Waals surface area (Å²) >= 11 is 0. The van der Waals surface area contributed by atoms with Crippen LogP contribution in [0.15, 0.2) is 96.2 Å². The molecule has 1 aliphatic rings. The Morgan fingerprint density at radius 1 is 0.917 bits per heavy atom. The van der Waals surface area contributed by atoms with Gasteiger partial charge >= 0.3 is 0 Å². The standard InChI is InChI=1S/C28H26N4O3S/c1-30-19-20(18-29-30)16-25-24-17-23(14-15-26(24)31(2)28(25)33)36(34,35)32(3)27(21-10-6-4-7-11-21)22-12-8-5-9-13-22/h4-19,27H,1-3H3/b25-16+. The number of likely N-dealkylation sites (N-methyl/N-ethyl adjacent to an activating group) is 1. The minimum absolute atomic E-state index is 0.126. The fourth-order valence-electron chi connectivity index (χ4n) is 4.60. The fraction of sp³-hybridized carbons (Fsp3) is 0.143. The summed E-state index contributed by atoms with van der Waals surface area (Å²) in [5, 5.41) is 4.16. The van der Waals surface area contributed by atoms with Crippen LogP contribution >= 0.6 is 0 Å². The van der Waals surface area contributed by atoms with Crippen molar-refractivity contribution in [2.45, 2.75) is 10.9 Å². The number of aryl methyl sites for hydroxylation is 1. The van der Waals surface area contributed by atoms with Gasteiger partial charge in [0.2, 0.25) is 10.0 Å². The van der Waals surface area contributed by atoms with Gasteiger partial charge in [-0.3, -0.25) is 9.48 Å². The van der Waals surface area contributed by atoms with Crippen molar-refractivity contribution in [3.05, 3.63) is 114 Å². The van der Waals surface area contributed by atoms with Gasteiger partial charge in [-0.05, 0) is 35.4 Å². The Morgan fingerprint density at radius 2 is 1.53 bits per heavy atom. The van der Waals surface area contributed by atoms with Crippen molar-refractivity contribution < 1.29 is 13.2 Å². The molecule has 0 atom stereocenters. The second-order valence-electron chi connectivity index (χ2n) is 8.79. The molecule has 7 nitrogen and oxygen atoms in total. The van der Waals surface area contributed by atoms with Gasteiger partial charge in [0.25, 0.3) is 5.91 Å². The molecule has 5 rings (SSSR count). The van der Waals surface area contributed by atoms with Crippen LogP contribution in [0.1, 0.15) is 28.3 Å². The smallest absolute Gasteiger partial charge is 0.258 e. The summed E-state index contributed by atoms with van der Waals surface area (Å²) in [5.41, 5.74) is 4.17. The second kappa shape index (κ2) is 9.22. The lowest BCUT2D eigenvalue weighted by Gasteiger charge is -2.28. The van der Waals surface area contributed by atoms with E-state index in [9.17, 15) is 13.2 Å². The maximum Gasteiger partial charge on any atom is 0.258 e. The van der Waals surface area contributed by atoms with Crippen molar-refractivity contribution in [3.8, 4) is 0 Å². The zero-order valence-corrected chi connectivity index (χ0v) is 21.1. The number of anilines is 1. The monoisotopic (exact) mass is 498 g/mol. The van der Waals surface area contributed by atoms with Crippen LogP contribution in [0.25, 0.3) is 11.6 Å². The second-order valence-corrected chi connectivity index (χ2v) is 10.8. The Balaban J connectivity index is 1.59. The van der Waals surface area contributed by atoms with Gasteiger partial charge in [-0.25, -0.2) is 8.42 Å². The highest BCUT2D eigenvalue weighted by Crippen LogP contribution is 2.40. The fourth-order valence-corrected chi connectivity index (χ4v) is 5.96. The van der Waals surface area contributed by atoms with Crippen molar-refractivity contribution >= 4 is 33.3 Å². The summed E-state index contributed by atoms with van der Waals surface area (Å²) in [5.74, 6) is -0.191. The number of carbonyl (C=O) groups excluding carboxylic acids is 1. The van der Waals surface area contributed by atoms with Gasteiger partial charge in [0, 0.05) is 44.0 Å². The number of carbonyl (C=O) groups is 1. The topological polar surface area (TPSA) is 75.5 Å². The number of hydrogen-bond acceptors (Lipinski definition) is 4. The number of aromatic nitrogens is 2. The first kappa shape index (κ1) is 23.7. The predicted octanol–water partition coefficient (Wildman–Crippen LogP) is 4.35. The highest BCUT2D eigenvalue weighted by molar-refractivity contribution is 7.89. The van der Waals surface area contributed by atoms with E-state index in [0.717, 1.165) is 16.7 Å². The highest BCUT2D eigenvalue weighted by atomic mass is 32.2. The molecule has 0 unspecified atom stereocenters. The Hall–Kier alpha value is -4.01. The molecule has 0 bridgehead atoms. The average Bonchev–Trinajstić information content (AvgIpc) is 3.41. The molecule has 8 heteroatoms. The summed E-state index contributed by atoms with van der Waals surface area (Å²) in [4.78, 5) is 14.7. The molecule has 1 aromatic heterocycles. The lowest BCUT2D eigenvalue weighted by atomic mass is 9.99. The Morgan fingerprint density at radius 3 is 2.08 bits per heavy atom. The molecule has 0 fully saturated rings. The summed E-state index contributed by atoms with van der Waals surface area (Å²) in [6.45, 7) is 0. The molecule has 1 amide bonds. The maximum absolute atomic E-state index is 13.9. The minimum Gasteiger partial charge on any atom is -0.311 e. The van der Waals surface area contributed by atoms with E-state index in [4.69, 9.17) is 0 Å². The van der Waals surface area contributed by atoms with Gasteiger partial charge in [-0.1, -0.05) is 60.7 Å². The molecule has 1 aliphatic heterocycles. The first-order valence-corrected chi connectivity index (χ1v) is 12.9. The molecule has 0 saturated heterocycles. The molecular formula is C28H26N4O3S. The maximum atomic E-state index is 13.9. The van der Waals surface area contributed by atoms with Gasteiger partial charge in [-0.15, -0.1) is 0 Å². The number of sulfonamides is 1. The van der Waals surface area contributed by atoms with Crippen molar-refractivity contribution in [1.29, 1.82) is 0 Å². The van der Waals surface area contributed by atoms with E-state index in [1.54, 1.807) is 62.5 Å². The average molecular weight is 499 g/mol. The third-order valence-corrected chi connectivity index (χ3v) is 8.28. The summed E-state index contributed by atoms with van der Waals surface area (Å²) in [6, 6.07) is 23.5. The molecule has 0 aliphatic carbocycles. The van der Waals surface area contributed by atoms with E-state index in [1.807, 2.05) is 60.7 Å². The molecule has 4 aromatic rings. The Bertz CT molecular complexity index is 1520. The lowest BCUT2D eigenvalue weighted by Crippen LogP contribution is -2.32. The molecule has 0 N–H and O–H groups in total. The van der Waals surface area contributed by atoms with Crippen molar-refractivity contribution in [1.82, 2.24) is 14.1 Å². The summed E-state index contributed by atoms with van der Waals surface area (Å²) in [7, 11) is 1.16. The molecule has 2 heterocycles. The van der Waals surface area contributed by atoms with Crippen LogP contribution in [0, 0.1) is 0 Å². The van der Waals surface area contributed by atoms with Crippen LogP contribution in [0.4, 0.5) is 5.69 Å². The van der Waals surface area contributed by atoms with Crippen molar-refractivity contribution in [2.24, 2.45) is 7.05 Å². The third-order valence-electron chi connectivity index (χ3n) is 6.46. The normalized spacial score (nSPS) is 14.8. The van der Waals surface area contributed by atoms with Crippen molar-refractivity contribution in [2.75, 3.05) is 19.0 Å². The zero-order valence-electron chi connectivity index (χ0n) is 20.2. The number of benzene rings is 3. The van der Waals surface area contributed by atoms with Crippen LogP contribution in [0.2, 0.25) is 0 Å². The van der Waals surface area contributed by atoms with E-state index in [0.29, 0.717) is 16.8 Å². The van der Waals surface area contributed by atoms with Gasteiger partial charge in [0.1, 0.15) is 0 Å². The zero-order chi connectivity index (χ0) is 25.4. The molecule has 0 saturated carbocycles. The first-order chi connectivity index (χ1) is 17.3. The van der Waals surface area contributed by atoms with Crippen LogP contribution in [0.3, 0.4) is 0 Å². The van der Waals surface area contributed by atoms with Crippen LogP contribution in [-0.4, -0.2) is 42.5 Å². The van der Waals surface area contributed by atoms with E-state index in [2.05, 4.69) is 5.10 Å². The van der Waals surface area contributed by atoms with E-state index in [1.165, 1.54) is 9.21 Å².